The molecule has 29 heavy (non-hydrogen) atoms. The molecule has 2 fully saturated rings. The average Bonchev–Trinajstić information content (AvgIpc) is 2.74. The third-order valence-corrected chi connectivity index (χ3v) is 6.99. The Morgan fingerprint density at radius 1 is 1.14 bits per heavy atom. The molecule has 0 radical (unpaired) electrons. The minimum atomic E-state index is -0.496. The molecule has 3 heterocycles. The Kier molecular flexibility index (Phi) is 6.04. The number of aromatic nitrogens is 1. The molecular weight excluding hydrogens is 370 g/mol. The second-order valence-corrected chi connectivity index (χ2v) is 8.89. The fourth-order valence-corrected chi connectivity index (χ4v) is 5.55. The van der Waals surface area contributed by atoms with Crippen LogP contribution in [-0.2, 0) is 9.59 Å². The van der Waals surface area contributed by atoms with Crippen LogP contribution in [0.15, 0.2) is 23.0 Å². The molecule has 1 saturated carbocycles. The van der Waals surface area contributed by atoms with E-state index in [1.807, 2.05) is 10.6 Å². The Morgan fingerprint density at radius 3 is 2.69 bits per heavy atom. The topological polar surface area (TPSA) is 91.6 Å². The first-order valence-corrected chi connectivity index (χ1v) is 10.9. The van der Waals surface area contributed by atoms with Crippen molar-refractivity contribution < 1.29 is 14.7 Å². The van der Waals surface area contributed by atoms with Crippen LogP contribution in [0.4, 0.5) is 0 Å². The number of hydrogen-bond acceptors (Lipinski definition) is 4. The van der Waals surface area contributed by atoms with Crippen molar-refractivity contribution in [3.63, 3.8) is 0 Å². The van der Waals surface area contributed by atoms with Gasteiger partial charge in [-0.25, -0.2) is 0 Å². The van der Waals surface area contributed by atoms with Gasteiger partial charge in [0.25, 0.3) is 5.56 Å². The molecule has 2 bridgehead atoms. The summed E-state index contributed by atoms with van der Waals surface area (Å²) in [6.07, 6.45) is 7.39. The van der Waals surface area contributed by atoms with Crippen LogP contribution in [0.1, 0.15) is 62.6 Å². The lowest BCUT2D eigenvalue weighted by molar-refractivity contribution is -0.137. The smallest absolute Gasteiger partial charge is 0.251 e. The van der Waals surface area contributed by atoms with Crippen molar-refractivity contribution in [2.24, 2.45) is 11.8 Å². The first-order valence-electron chi connectivity index (χ1n) is 10.9. The second-order valence-electron chi connectivity index (χ2n) is 8.89. The summed E-state index contributed by atoms with van der Waals surface area (Å²) in [4.78, 5) is 39.0. The van der Waals surface area contributed by atoms with Crippen LogP contribution in [0, 0.1) is 11.8 Å². The average molecular weight is 402 g/mol. The van der Waals surface area contributed by atoms with E-state index in [2.05, 4.69) is 5.32 Å². The lowest BCUT2D eigenvalue weighted by atomic mass is 9.78. The molecular formula is C22H31N3O4. The van der Waals surface area contributed by atoms with E-state index in [0.717, 1.165) is 25.0 Å². The number of fused-ring (bicyclic) bond motifs is 4. The summed E-state index contributed by atoms with van der Waals surface area (Å²) in [5.41, 5.74) is 0.876. The minimum absolute atomic E-state index is 0.0503. The molecule has 7 heteroatoms. The van der Waals surface area contributed by atoms with Gasteiger partial charge in [-0.3, -0.25) is 14.4 Å². The fourth-order valence-electron chi connectivity index (χ4n) is 5.55. The Labute approximate surface area is 171 Å². The van der Waals surface area contributed by atoms with Crippen molar-refractivity contribution >= 4 is 11.8 Å². The fraction of sp³-hybridized carbons (Fsp3) is 0.682. The quantitative estimate of drug-likeness (QED) is 0.781. The number of piperidine rings is 1. The maximum atomic E-state index is 12.7. The molecule has 1 aromatic heterocycles. The summed E-state index contributed by atoms with van der Waals surface area (Å²) in [6.45, 7) is 0.949. The van der Waals surface area contributed by atoms with Crippen molar-refractivity contribution in [1.29, 1.82) is 0 Å². The third kappa shape index (κ3) is 4.25. The van der Waals surface area contributed by atoms with Crippen molar-refractivity contribution in [2.45, 2.75) is 56.9 Å². The van der Waals surface area contributed by atoms with E-state index < -0.39 is 6.61 Å². The number of amides is 2. The van der Waals surface area contributed by atoms with E-state index in [0.29, 0.717) is 32.0 Å². The highest BCUT2D eigenvalue weighted by Gasteiger charge is 2.41. The molecule has 3 atom stereocenters. The molecule has 0 aromatic carbocycles. The van der Waals surface area contributed by atoms with Gasteiger partial charge in [0, 0.05) is 43.7 Å². The van der Waals surface area contributed by atoms with Gasteiger partial charge in [-0.2, -0.15) is 0 Å². The van der Waals surface area contributed by atoms with Crippen molar-refractivity contribution in [2.75, 3.05) is 26.2 Å². The summed E-state index contributed by atoms with van der Waals surface area (Å²) < 4.78 is 1.83. The van der Waals surface area contributed by atoms with Crippen molar-refractivity contribution in [1.82, 2.24) is 14.8 Å². The van der Waals surface area contributed by atoms with Gasteiger partial charge >= 0.3 is 0 Å². The summed E-state index contributed by atoms with van der Waals surface area (Å²) >= 11 is 0. The van der Waals surface area contributed by atoms with E-state index in [-0.39, 0.29) is 35.3 Å². The second kappa shape index (κ2) is 8.69. The predicted molar refractivity (Wildman–Crippen MR) is 108 cm³/mol. The molecule has 3 aliphatic rings. The number of likely N-dealkylation sites (tertiary alicyclic amines) is 1. The Hall–Kier alpha value is -2.15. The van der Waals surface area contributed by atoms with E-state index in [1.165, 1.54) is 19.3 Å². The van der Waals surface area contributed by atoms with Gasteiger partial charge in [0.2, 0.25) is 11.8 Å². The molecule has 0 unspecified atom stereocenters. The van der Waals surface area contributed by atoms with E-state index in [9.17, 15) is 19.5 Å². The van der Waals surface area contributed by atoms with Gasteiger partial charge in [-0.15, -0.1) is 0 Å². The zero-order chi connectivity index (χ0) is 20.4. The van der Waals surface area contributed by atoms with Gasteiger partial charge in [-0.1, -0.05) is 25.3 Å². The van der Waals surface area contributed by atoms with Crippen LogP contribution in [0.25, 0.3) is 0 Å². The number of nitrogens with zero attached hydrogens (tertiary/aromatic N) is 2. The van der Waals surface area contributed by atoms with Crippen LogP contribution in [0.5, 0.6) is 0 Å². The number of nitrogens with one attached hydrogen (secondary N) is 1. The molecule has 7 nitrogen and oxygen atoms in total. The number of carbonyl (C=O) groups excluding carboxylic acids is 2. The largest absolute Gasteiger partial charge is 0.387 e. The SMILES string of the molecule is O=C(CC1CCCCC1)NC[C@H]1[C@H]2C[C@H](CN(C(=O)CO)C2)c2cccc(=O)n21. The van der Waals surface area contributed by atoms with Gasteiger partial charge in [-0.05, 0) is 37.2 Å². The maximum absolute atomic E-state index is 12.7. The highest BCUT2D eigenvalue weighted by molar-refractivity contribution is 5.77. The standard InChI is InChI=1S/C22H31N3O4/c26-14-22(29)24-12-16-10-17(13-24)19(25-18(16)7-4-8-21(25)28)11-23-20(27)9-15-5-2-1-3-6-15/h4,7-8,15-17,19,26H,1-3,5-6,9-14H2,(H,23,27)/t16-,17+,19+/m1/s1. The lowest BCUT2D eigenvalue weighted by Gasteiger charge is -2.47. The van der Waals surface area contributed by atoms with Crippen LogP contribution in [-0.4, -0.2) is 52.6 Å². The first kappa shape index (κ1) is 20.1. The van der Waals surface area contributed by atoms with Crippen LogP contribution in [0.3, 0.4) is 0 Å². The number of rotatable bonds is 5. The molecule has 1 aromatic rings. The van der Waals surface area contributed by atoms with Gasteiger partial charge in [0.15, 0.2) is 0 Å². The molecule has 1 aliphatic carbocycles. The Bertz CT molecular complexity index is 815. The first-order chi connectivity index (χ1) is 14.1. The lowest BCUT2D eigenvalue weighted by Crippen LogP contribution is -2.53. The Balaban J connectivity index is 1.50. The molecule has 2 N–H and O–H groups in total. The number of carbonyl (C=O) groups is 2. The normalized spacial score (nSPS) is 26.7. The predicted octanol–water partition coefficient (Wildman–Crippen LogP) is 1.41. The molecule has 2 amide bonds. The highest BCUT2D eigenvalue weighted by Crippen LogP contribution is 2.40. The van der Waals surface area contributed by atoms with E-state index in [1.54, 1.807) is 17.0 Å². The summed E-state index contributed by atoms with van der Waals surface area (Å²) in [5.74, 6) is 0.441. The summed E-state index contributed by atoms with van der Waals surface area (Å²) in [6, 6.07) is 5.11. The summed E-state index contributed by atoms with van der Waals surface area (Å²) in [5, 5.41) is 12.4. The third-order valence-electron chi connectivity index (χ3n) is 6.99. The molecule has 158 valence electrons. The van der Waals surface area contributed by atoms with E-state index >= 15 is 0 Å². The molecule has 2 aliphatic heterocycles. The van der Waals surface area contributed by atoms with Crippen LogP contribution in [0.2, 0.25) is 0 Å². The highest BCUT2D eigenvalue weighted by atomic mass is 16.3. The van der Waals surface area contributed by atoms with Gasteiger partial charge in [0.05, 0.1) is 6.04 Å². The zero-order valence-electron chi connectivity index (χ0n) is 16.9. The number of aliphatic hydroxyl groups excluding tert-OH is 1. The van der Waals surface area contributed by atoms with E-state index in [4.69, 9.17) is 0 Å². The number of aliphatic hydroxyl groups is 1. The van der Waals surface area contributed by atoms with Gasteiger partial charge in [0.1, 0.15) is 6.61 Å². The van der Waals surface area contributed by atoms with Crippen molar-refractivity contribution in [3.05, 3.63) is 34.2 Å². The Morgan fingerprint density at radius 2 is 1.93 bits per heavy atom. The molecule has 0 spiro atoms. The number of hydrogen-bond donors (Lipinski definition) is 2. The molecule has 1 saturated heterocycles. The monoisotopic (exact) mass is 401 g/mol. The van der Waals surface area contributed by atoms with Crippen LogP contribution < -0.4 is 10.9 Å². The minimum Gasteiger partial charge on any atom is -0.387 e. The van der Waals surface area contributed by atoms with Crippen molar-refractivity contribution in [3.8, 4) is 0 Å². The van der Waals surface area contributed by atoms with Gasteiger partial charge < -0.3 is 19.9 Å². The maximum Gasteiger partial charge on any atom is 0.251 e. The number of pyridine rings is 1. The summed E-state index contributed by atoms with van der Waals surface area (Å²) in [7, 11) is 0. The molecule has 4 rings (SSSR count). The zero-order valence-corrected chi connectivity index (χ0v) is 16.9. The van der Waals surface area contributed by atoms with Crippen LogP contribution >= 0.6 is 0 Å².